The van der Waals surface area contributed by atoms with Gasteiger partial charge in [-0.05, 0) is 23.8 Å². The second-order valence-electron chi connectivity index (χ2n) is 2.82. The number of hydrogen-bond donors (Lipinski definition) is 3. The second-order valence-corrected chi connectivity index (χ2v) is 4.37. The SMILES string of the molecule is COc1ccc(/C=C(\O)P(=O)(O)O)cc1. The van der Waals surface area contributed by atoms with Crippen molar-refractivity contribution in [2.24, 2.45) is 0 Å². The van der Waals surface area contributed by atoms with Crippen molar-refractivity contribution in [3.8, 4) is 5.75 Å². The van der Waals surface area contributed by atoms with Crippen LogP contribution in [-0.2, 0) is 4.57 Å². The third kappa shape index (κ3) is 3.40. The molecule has 0 bridgehead atoms. The molecule has 0 amide bonds. The number of benzene rings is 1. The van der Waals surface area contributed by atoms with Gasteiger partial charge in [0.1, 0.15) is 5.75 Å². The zero-order valence-electron chi connectivity index (χ0n) is 7.99. The number of hydrogen-bond acceptors (Lipinski definition) is 3. The molecule has 0 saturated carbocycles. The van der Waals surface area contributed by atoms with E-state index in [2.05, 4.69) is 0 Å². The molecule has 15 heavy (non-hydrogen) atoms. The molecule has 5 nitrogen and oxygen atoms in total. The fourth-order valence-corrected chi connectivity index (χ4v) is 1.25. The average Bonchev–Trinajstić information content (AvgIpc) is 2.17. The molecule has 0 atom stereocenters. The van der Waals surface area contributed by atoms with Crippen LogP contribution < -0.4 is 4.74 Å². The van der Waals surface area contributed by atoms with Crippen molar-refractivity contribution in [2.45, 2.75) is 0 Å². The highest BCUT2D eigenvalue weighted by atomic mass is 31.2. The van der Waals surface area contributed by atoms with Gasteiger partial charge in [-0.2, -0.15) is 0 Å². The fourth-order valence-electron chi connectivity index (χ4n) is 0.933. The lowest BCUT2D eigenvalue weighted by molar-refractivity contribution is 0.339. The standard InChI is InChI=1S/C9H11O5P/c1-14-8-4-2-7(3-5-8)6-9(10)15(11,12)13/h2-6,10H,1H3,(H2,11,12,13)/b9-6+. The Labute approximate surface area is 86.8 Å². The van der Waals surface area contributed by atoms with Crippen LogP contribution in [0, 0.1) is 0 Å². The molecule has 1 aromatic carbocycles. The van der Waals surface area contributed by atoms with Gasteiger partial charge in [-0.1, -0.05) is 12.1 Å². The third-order valence-electron chi connectivity index (χ3n) is 1.71. The largest absolute Gasteiger partial charge is 0.501 e. The van der Waals surface area contributed by atoms with Gasteiger partial charge in [-0.3, -0.25) is 4.57 Å². The summed E-state index contributed by atoms with van der Waals surface area (Å²) in [7, 11) is -3.04. The van der Waals surface area contributed by atoms with Gasteiger partial charge in [-0.15, -0.1) is 0 Å². The Morgan fingerprint density at radius 1 is 1.33 bits per heavy atom. The first-order valence-electron chi connectivity index (χ1n) is 4.04. The predicted molar refractivity (Wildman–Crippen MR) is 55.6 cm³/mol. The number of aliphatic hydroxyl groups is 1. The third-order valence-corrected chi connectivity index (χ3v) is 2.44. The topological polar surface area (TPSA) is 87.0 Å². The Morgan fingerprint density at radius 2 is 1.87 bits per heavy atom. The summed E-state index contributed by atoms with van der Waals surface area (Å²) >= 11 is 0. The lowest BCUT2D eigenvalue weighted by Crippen LogP contribution is -1.85. The van der Waals surface area contributed by atoms with Crippen LogP contribution in [0.1, 0.15) is 5.56 Å². The number of aliphatic hydroxyl groups excluding tert-OH is 1. The van der Waals surface area contributed by atoms with Crippen LogP contribution in [0.25, 0.3) is 6.08 Å². The summed E-state index contributed by atoms with van der Waals surface area (Å²) in [5, 5.41) is 9.03. The highest BCUT2D eigenvalue weighted by Crippen LogP contribution is 2.43. The van der Waals surface area contributed by atoms with Crippen LogP contribution >= 0.6 is 7.60 Å². The van der Waals surface area contributed by atoms with E-state index >= 15 is 0 Å². The normalized spacial score (nSPS) is 12.6. The molecule has 6 heteroatoms. The van der Waals surface area contributed by atoms with Crippen molar-refractivity contribution in [3.05, 3.63) is 35.3 Å². The highest BCUT2D eigenvalue weighted by molar-refractivity contribution is 7.56. The van der Waals surface area contributed by atoms with E-state index in [1.165, 1.54) is 7.11 Å². The quantitative estimate of drug-likeness (QED) is 0.543. The summed E-state index contributed by atoms with van der Waals surface area (Å²) in [6.45, 7) is 0. The van der Waals surface area contributed by atoms with Crippen LogP contribution in [0.2, 0.25) is 0 Å². The zero-order chi connectivity index (χ0) is 11.5. The van der Waals surface area contributed by atoms with Crippen LogP contribution in [0.15, 0.2) is 29.8 Å². The van der Waals surface area contributed by atoms with Crippen molar-refractivity contribution < 1.29 is 24.2 Å². The number of methoxy groups -OCH3 is 1. The minimum atomic E-state index is -4.56. The Balaban J connectivity index is 2.94. The summed E-state index contributed by atoms with van der Waals surface area (Å²) in [4.78, 5) is 17.2. The maximum absolute atomic E-state index is 10.6. The van der Waals surface area contributed by atoms with Crippen LogP contribution in [-0.4, -0.2) is 22.0 Å². The van der Waals surface area contributed by atoms with Gasteiger partial charge in [0, 0.05) is 0 Å². The first-order chi connectivity index (χ1) is 6.93. The monoisotopic (exact) mass is 230 g/mol. The predicted octanol–water partition coefficient (Wildman–Crippen LogP) is 1.73. The summed E-state index contributed by atoms with van der Waals surface area (Å²) in [5.41, 5.74) is -0.468. The first-order valence-corrected chi connectivity index (χ1v) is 5.65. The summed E-state index contributed by atoms with van der Waals surface area (Å²) in [6, 6.07) is 6.40. The molecule has 3 N–H and O–H groups in total. The molecule has 0 spiro atoms. The van der Waals surface area contributed by atoms with Crippen molar-refractivity contribution >= 4 is 13.7 Å². The molecule has 0 fully saturated rings. The molecule has 0 aliphatic heterocycles. The maximum Gasteiger partial charge on any atom is 0.390 e. The van der Waals surface area contributed by atoms with Crippen molar-refractivity contribution in [1.29, 1.82) is 0 Å². The molecule has 0 radical (unpaired) electrons. The Morgan fingerprint density at radius 3 is 2.27 bits per heavy atom. The van der Waals surface area contributed by atoms with E-state index in [0.717, 1.165) is 6.08 Å². The van der Waals surface area contributed by atoms with Crippen LogP contribution in [0.4, 0.5) is 0 Å². The molecule has 0 heterocycles. The van der Waals surface area contributed by atoms with Gasteiger partial charge >= 0.3 is 7.60 Å². The van der Waals surface area contributed by atoms with E-state index in [1.54, 1.807) is 24.3 Å². The van der Waals surface area contributed by atoms with E-state index < -0.39 is 13.1 Å². The van der Waals surface area contributed by atoms with E-state index in [0.29, 0.717) is 11.3 Å². The molecule has 82 valence electrons. The minimum Gasteiger partial charge on any atom is -0.501 e. The molecule has 0 aliphatic carbocycles. The summed E-state index contributed by atoms with van der Waals surface area (Å²) in [5.74, 6) is 0.628. The molecule has 1 aromatic rings. The van der Waals surface area contributed by atoms with Gasteiger partial charge in [-0.25, -0.2) is 0 Å². The molecular weight excluding hydrogens is 219 g/mol. The van der Waals surface area contributed by atoms with Gasteiger partial charge < -0.3 is 19.6 Å². The van der Waals surface area contributed by atoms with Crippen molar-refractivity contribution in [1.82, 2.24) is 0 Å². The summed E-state index contributed by atoms with van der Waals surface area (Å²) < 4.78 is 15.5. The Kier molecular flexibility index (Phi) is 3.52. The molecule has 0 aliphatic rings. The Hall–Kier alpha value is -1.29. The average molecular weight is 230 g/mol. The molecule has 1 rings (SSSR count). The second kappa shape index (κ2) is 4.49. The van der Waals surface area contributed by atoms with Gasteiger partial charge in [0.25, 0.3) is 0 Å². The van der Waals surface area contributed by atoms with Gasteiger partial charge in [0.05, 0.1) is 7.11 Å². The molecule has 0 aromatic heterocycles. The molecular formula is C9H11O5P. The highest BCUT2D eigenvalue weighted by Gasteiger charge is 2.19. The van der Waals surface area contributed by atoms with Gasteiger partial charge in [0.2, 0.25) is 5.50 Å². The first kappa shape index (κ1) is 11.8. The lowest BCUT2D eigenvalue weighted by atomic mass is 10.2. The maximum atomic E-state index is 10.6. The fraction of sp³-hybridized carbons (Fsp3) is 0.111. The van der Waals surface area contributed by atoms with Crippen molar-refractivity contribution in [3.63, 3.8) is 0 Å². The minimum absolute atomic E-state index is 0.483. The van der Waals surface area contributed by atoms with E-state index in [1.807, 2.05) is 0 Å². The van der Waals surface area contributed by atoms with E-state index in [4.69, 9.17) is 19.6 Å². The Bertz CT molecular complexity index is 403. The number of ether oxygens (including phenoxy) is 1. The lowest BCUT2D eigenvalue weighted by Gasteiger charge is -2.02. The van der Waals surface area contributed by atoms with Gasteiger partial charge in [0.15, 0.2) is 0 Å². The van der Waals surface area contributed by atoms with Crippen molar-refractivity contribution in [2.75, 3.05) is 7.11 Å². The van der Waals surface area contributed by atoms with E-state index in [-0.39, 0.29) is 0 Å². The van der Waals surface area contributed by atoms with Crippen LogP contribution in [0.5, 0.6) is 5.75 Å². The van der Waals surface area contributed by atoms with E-state index in [9.17, 15) is 4.57 Å². The number of rotatable bonds is 3. The summed E-state index contributed by atoms with van der Waals surface area (Å²) in [6.07, 6.45) is 1.01. The molecule has 0 saturated heterocycles. The van der Waals surface area contributed by atoms with Crippen LogP contribution in [0.3, 0.4) is 0 Å². The molecule has 0 unspecified atom stereocenters. The smallest absolute Gasteiger partial charge is 0.390 e. The zero-order valence-corrected chi connectivity index (χ0v) is 8.89.